The molecular formula is C14H17N3O4S. The quantitative estimate of drug-likeness (QED) is 0.863. The molecule has 2 N–H and O–H groups in total. The number of carboxylic acid groups (broad SMARTS) is 1. The second-order valence-electron chi connectivity index (χ2n) is 5.47. The van der Waals surface area contributed by atoms with Gasteiger partial charge in [0.1, 0.15) is 11.6 Å². The Morgan fingerprint density at radius 1 is 1.45 bits per heavy atom. The number of thiazole rings is 1. The number of amides is 1. The van der Waals surface area contributed by atoms with E-state index in [1.165, 1.54) is 21.9 Å². The normalized spacial score (nSPS) is 12.5. The summed E-state index contributed by atoms with van der Waals surface area (Å²) in [6.07, 6.45) is 3.09. The molecule has 2 aromatic heterocycles. The van der Waals surface area contributed by atoms with Crippen LogP contribution in [-0.2, 0) is 4.79 Å². The molecular weight excluding hydrogens is 306 g/mol. The van der Waals surface area contributed by atoms with Crippen molar-refractivity contribution in [1.82, 2.24) is 14.7 Å². The van der Waals surface area contributed by atoms with Gasteiger partial charge in [-0.1, -0.05) is 13.8 Å². The molecule has 0 radical (unpaired) electrons. The number of nitrogens with one attached hydrogen (secondary N) is 1. The van der Waals surface area contributed by atoms with Crippen LogP contribution in [0, 0.1) is 12.8 Å². The molecule has 0 bridgehead atoms. The van der Waals surface area contributed by atoms with Crippen molar-refractivity contribution in [3.63, 3.8) is 0 Å². The molecule has 8 heteroatoms. The zero-order valence-corrected chi connectivity index (χ0v) is 13.3. The van der Waals surface area contributed by atoms with Crippen LogP contribution in [0.5, 0.6) is 0 Å². The minimum atomic E-state index is -1.12. The molecule has 0 aromatic carbocycles. The lowest BCUT2D eigenvalue weighted by Gasteiger charge is -2.16. The number of aromatic nitrogens is 2. The van der Waals surface area contributed by atoms with E-state index in [0.717, 1.165) is 4.88 Å². The van der Waals surface area contributed by atoms with Crippen molar-refractivity contribution in [2.75, 3.05) is 0 Å². The Balaban J connectivity index is 2.31. The van der Waals surface area contributed by atoms with Crippen LogP contribution in [-0.4, -0.2) is 32.4 Å². The summed E-state index contributed by atoms with van der Waals surface area (Å²) >= 11 is 1.34. The topological polar surface area (TPSA) is 101 Å². The molecule has 2 rings (SSSR count). The second-order valence-corrected chi connectivity index (χ2v) is 6.68. The summed E-state index contributed by atoms with van der Waals surface area (Å²) in [4.78, 5) is 41.1. The molecule has 0 saturated heterocycles. The number of nitrogens with zero attached hydrogens (tertiary/aromatic N) is 2. The van der Waals surface area contributed by atoms with Gasteiger partial charge in [0.05, 0.1) is 0 Å². The average molecular weight is 323 g/mol. The smallest absolute Gasteiger partial charge is 0.326 e. The van der Waals surface area contributed by atoms with Gasteiger partial charge >= 0.3 is 5.97 Å². The zero-order valence-electron chi connectivity index (χ0n) is 12.5. The van der Waals surface area contributed by atoms with Gasteiger partial charge in [0, 0.05) is 17.3 Å². The van der Waals surface area contributed by atoms with Gasteiger partial charge in [-0.05, 0) is 19.3 Å². The van der Waals surface area contributed by atoms with Gasteiger partial charge in [-0.15, -0.1) is 11.3 Å². The van der Waals surface area contributed by atoms with E-state index in [0.29, 0.717) is 4.96 Å². The highest BCUT2D eigenvalue weighted by Crippen LogP contribution is 2.12. The monoisotopic (exact) mass is 323 g/mol. The molecule has 0 aliphatic rings. The number of rotatable bonds is 5. The summed E-state index contributed by atoms with van der Waals surface area (Å²) in [6, 6.07) is -1.03. The fourth-order valence-corrected chi connectivity index (χ4v) is 2.87. The molecule has 2 aromatic rings. The molecule has 2 heterocycles. The van der Waals surface area contributed by atoms with Gasteiger partial charge < -0.3 is 10.4 Å². The van der Waals surface area contributed by atoms with E-state index in [4.69, 9.17) is 5.11 Å². The largest absolute Gasteiger partial charge is 0.480 e. The summed E-state index contributed by atoms with van der Waals surface area (Å²) in [6.45, 7) is 5.55. The maximum absolute atomic E-state index is 12.3. The summed E-state index contributed by atoms with van der Waals surface area (Å²) < 4.78 is 1.30. The average Bonchev–Trinajstić information content (AvgIpc) is 2.79. The standard InChI is InChI=1S/C14H17N3O4S/c1-7(2)4-10(13(20)21)16-11(18)9-5-15-14-17(12(9)19)6-8(3)22-14/h5-7,10H,4H2,1-3H3,(H,16,18)(H,20,21)/t10-/m1/s1. The van der Waals surface area contributed by atoms with E-state index in [9.17, 15) is 14.4 Å². The fourth-order valence-electron chi connectivity index (χ4n) is 2.08. The Bertz CT molecular complexity index is 778. The Labute approximate surface area is 130 Å². The molecule has 1 atom stereocenters. The first-order chi connectivity index (χ1) is 10.3. The van der Waals surface area contributed by atoms with Crippen LogP contribution in [0.1, 0.15) is 35.5 Å². The molecule has 0 unspecified atom stereocenters. The lowest BCUT2D eigenvalue weighted by molar-refractivity contribution is -0.139. The van der Waals surface area contributed by atoms with Crippen LogP contribution in [0.2, 0.25) is 0 Å². The van der Waals surface area contributed by atoms with Crippen molar-refractivity contribution in [3.05, 3.63) is 33.2 Å². The third kappa shape index (κ3) is 3.33. The van der Waals surface area contributed by atoms with Crippen molar-refractivity contribution < 1.29 is 14.7 Å². The van der Waals surface area contributed by atoms with Crippen molar-refractivity contribution in [1.29, 1.82) is 0 Å². The second kappa shape index (κ2) is 6.27. The van der Waals surface area contributed by atoms with Crippen LogP contribution in [0.3, 0.4) is 0 Å². The van der Waals surface area contributed by atoms with E-state index < -0.39 is 23.5 Å². The first-order valence-corrected chi connectivity index (χ1v) is 7.62. The van der Waals surface area contributed by atoms with Crippen LogP contribution >= 0.6 is 11.3 Å². The zero-order chi connectivity index (χ0) is 16.4. The van der Waals surface area contributed by atoms with Crippen molar-refractivity contribution in [2.45, 2.75) is 33.2 Å². The SMILES string of the molecule is Cc1cn2c(=O)c(C(=O)N[C@H](CC(C)C)C(=O)O)cnc2s1. The minimum Gasteiger partial charge on any atom is -0.480 e. The van der Waals surface area contributed by atoms with E-state index in [1.54, 1.807) is 6.20 Å². The summed E-state index contributed by atoms with van der Waals surface area (Å²) in [5.74, 6) is -1.74. The summed E-state index contributed by atoms with van der Waals surface area (Å²) in [5.41, 5.74) is -0.661. The van der Waals surface area contributed by atoms with Gasteiger partial charge in [0.25, 0.3) is 11.5 Å². The highest BCUT2D eigenvalue weighted by atomic mass is 32.1. The number of hydrogen-bond donors (Lipinski definition) is 2. The van der Waals surface area contributed by atoms with Gasteiger partial charge in [0.15, 0.2) is 4.96 Å². The minimum absolute atomic E-state index is 0.0997. The van der Waals surface area contributed by atoms with Crippen molar-refractivity contribution >= 4 is 28.2 Å². The van der Waals surface area contributed by atoms with Crippen LogP contribution in [0.4, 0.5) is 0 Å². The first-order valence-electron chi connectivity index (χ1n) is 6.81. The highest BCUT2D eigenvalue weighted by molar-refractivity contribution is 7.16. The molecule has 0 aliphatic heterocycles. The summed E-state index contributed by atoms with van der Waals surface area (Å²) in [5, 5.41) is 11.5. The number of carboxylic acids is 1. The molecule has 0 aliphatic carbocycles. The molecule has 0 spiro atoms. The maximum atomic E-state index is 12.3. The van der Waals surface area contributed by atoms with Crippen LogP contribution in [0.25, 0.3) is 4.96 Å². The molecule has 7 nitrogen and oxygen atoms in total. The lowest BCUT2D eigenvalue weighted by atomic mass is 10.0. The van der Waals surface area contributed by atoms with Crippen molar-refractivity contribution in [2.24, 2.45) is 5.92 Å². The Hall–Kier alpha value is -2.22. The third-order valence-electron chi connectivity index (χ3n) is 3.08. The van der Waals surface area contributed by atoms with Crippen LogP contribution < -0.4 is 10.9 Å². The predicted molar refractivity (Wildman–Crippen MR) is 82.4 cm³/mol. The predicted octanol–water partition coefficient (Wildman–Crippen LogP) is 1.29. The van der Waals surface area contributed by atoms with Gasteiger partial charge in [-0.25, -0.2) is 9.78 Å². The summed E-state index contributed by atoms with van der Waals surface area (Å²) in [7, 11) is 0. The number of hydrogen-bond acceptors (Lipinski definition) is 5. The van der Waals surface area contributed by atoms with Gasteiger partial charge in [-0.3, -0.25) is 14.0 Å². The number of carbonyl (C=O) groups is 2. The number of fused-ring (bicyclic) bond motifs is 1. The van der Waals surface area contributed by atoms with E-state index >= 15 is 0 Å². The van der Waals surface area contributed by atoms with E-state index in [-0.39, 0.29) is 17.9 Å². The van der Waals surface area contributed by atoms with Crippen molar-refractivity contribution in [3.8, 4) is 0 Å². The Morgan fingerprint density at radius 3 is 2.73 bits per heavy atom. The van der Waals surface area contributed by atoms with E-state index in [2.05, 4.69) is 10.3 Å². The number of aryl methyl sites for hydroxylation is 1. The maximum Gasteiger partial charge on any atom is 0.326 e. The molecule has 118 valence electrons. The number of aliphatic carboxylic acids is 1. The van der Waals surface area contributed by atoms with Crippen LogP contribution in [0.15, 0.2) is 17.2 Å². The Morgan fingerprint density at radius 2 is 2.14 bits per heavy atom. The van der Waals surface area contributed by atoms with Gasteiger partial charge in [-0.2, -0.15) is 0 Å². The lowest BCUT2D eigenvalue weighted by Crippen LogP contribution is -2.43. The Kier molecular flexibility index (Phi) is 4.60. The third-order valence-corrected chi connectivity index (χ3v) is 3.99. The number of carbonyl (C=O) groups excluding carboxylic acids is 1. The van der Waals surface area contributed by atoms with E-state index in [1.807, 2.05) is 20.8 Å². The fraction of sp³-hybridized carbons (Fsp3) is 0.429. The molecule has 1 amide bonds. The highest BCUT2D eigenvalue weighted by Gasteiger charge is 2.23. The first kappa shape index (κ1) is 16.2. The molecule has 22 heavy (non-hydrogen) atoms. The van der Waals surface area contributed by atoms with Gasteiger partial charge in [0.2, 0.25) is 0 Å². The molecule has 0 fully saturated rings. The molecule has 0 saturated carbocycles.